The van der Waals surface area contributed by atoms with Crippen molar-refractivity contribution in [1.29, 1.82) is 0 Å². The predicted octanol–water partition coefficient (Wildman–Crippen LogP) is 4.38. The number of Topliss-reactive ketones (excluding diaryl/α,β-unsaturated/α-hetero) is 1. The molecule has 2 heterocycles. The van der Waals surface area contributed by atoms with Crippen molar-refractivity contribution in [3.8, 4) is 0 Å². The van der Waals surface area contributed by atoms with Crippen LogP contribution in [0.1, 0.15) is 56.6 Å². The number of para-hydroxylation sites is 1. The van der Waals surface area contributed by atoms with E-state index in [1.54, 1.807) is 20.8 Å². The summed E-state index contributed by atoms with van der Waals surface area (Å²) in [6, 6.07) is 8.07. The SMILES string of the molecule is CC1N(COC(=O)OCCCNC(=O)OC(C)(C)C)C=CN1CC1CCc2c(c3ccccc3n2C)C1=O. The fraction of sp³-hybridized carbons (Fsp3) is 0.536. The van der Waals surface area contributed by atoms with E-state index in [1.807, 2.05) is 49.5 Å². The van der Waals surface area contributed by atoms with Gasteiger partial charge in [-0.1, -0.05) is 18.2 Å². The molecule has 0 spiro atoms. The number of ether oxygens (including phenoxy) is 3. The number of hydrogen-bond acceptors (Lipinski definition) is 8. The number of rotatable bonds is 8. The highest BCUT2D eigenvalue weighted by atomic mass is 16.7. The first-order valence-electron chi connectivity index (χ1n) is 13.1. The van der Waals surface area contributed by atoms with Crippen molar-refractivity contribution < 1.29 is 28.6 Å². The van der Waals surface area contributed by atoms with Crippen LogP contribution in [0.15, 0.2) is 36.7 Å². The standard InChI is InChI=1S/C28H38N4O6/c1-19-31(17-20-11-12-23-24(25(20)33)21-9-6-7-10-22(21)30(23)5)14-15-32(19)18-37-27(35)36-16-8-13-29-26(34)38-28(2,3)4/h6-7,9-10,14-15,19-20H,8,11-13,16-18H2,1-5H3,(H,29,34). The van der Waals surface area contributed by atoms with Crippen LogP contribution in [-0.4, -0.2) is 70.6 Å². The molecule has 0 saturated carbocycles. The van der Waals surface area contributed by atoms with Crippen molar-refractivity contribution in [3.63, 3.8) is 0 Å². The van der Waals surface area contributed by atoms with E-state index in [1.165, 1.54) is 0 Å². The van der Waals surface area contributed by atoms with Crippen LogP contribution in [0.2, 0.25) is 0 Å². The lowest BCUT2D eigenvalue weighted by Gasteiger charge is -2.32. The number of carbonyl (C=O) groups is 3. The molecule has 0 bridgehead atoms. The highest BCUT2D eigenvalue weighted by Gasteiger charge is 2.34. The van der Waals surface area contributed by atoms with E-state index < -0.39 is 17.8 Å². The largest absolute Gasteiger partial charge is 0.510 e. The van der Waals surface area contributed by atoms with Gasteiger partial charge in [0.05, 0.1) is 6.61 Å². The number of benzene rings is 1. The minimum absolute atomic E-state index is 0.0369. The summed E-state index contributed by atoms with van der Waals surface area (Å²) in [7, 11) is 2.03. The third-order valence-corrected chi connectivity index (χ3v) is 6.96. The van der Waals surface area contributed by atoms with E-state index in [0.717, 1.165) is 35.0 Å². The van der Waals surface area contributed by atoms with Crippen LogP contribution >= 0.6 is 0 Å². The van der Waals surface area contributed by atoms with Gasteiger partial charge in [-0.3, -0.25) is 4.79 Å². The number of nitrogens with zero attached hydrogens (tertiary/aromatic N) is 3. The van der Waals surface area contributed by atoms with E-state index in [9.17, 15) is 14.4 Å². The molecule has 0 saturated heterocycles. The molecule has 2 unspecified atom stereocenters. The molecule has 2 aromatic rings. The number of fused-ring (bicyclic) bond motifs is 3. The van der Waals surface area contributed by atoms with Gasteiger partial charge in [0.15, 0.2) is 12.5 Å². The Morgan fingerprint density at radius 2 is 1.84 bits per heavy atom. The number of aromatic nitrogens is 1. The van der Waals surface area contributed by atoms with Gasteiger partial charge >= 0.3 is 12.2 Å². The van der Waals surface area contributed by atoms with Crippen molar-refractivity contribution in [1.82, 2.24) is 19.7 Å². The third kappa shape index (κ3) is 6.23. The Bertz CT molecular complexity index is 1210. The number of hydrogen-bond donors (Lipinski definition) is 1. The maximum Gasteiger partial charge on any atom is 0.510 e. The van der Waals surface area contributed by atoms with Gasteiger partial charge in [0.25, 0.3) is 0 Å². The van der Waals surface area contributed by atoms with Gasteiger partial charge in [0.2, 0.25) is 0 Å². The Morgan fingerprint density at radius 3 is 2.61 bits per heavy atom. The molecule has 10 nitrogen and oxygen atoms in total. The molecule has 2 atom stereocenters. The van der Waals surface area contributed by atoms with E-state index in [0.29, 0.717) is 19.5 Å². The summed E-state index contributed by atoms with van der Waals surface area (Å²) in [6.45, 7) is 8.45. The van der Waals surface area contributed by atoms with Gasteiger partial charge in [0.1, 0.15) is 11.8 Å². The van der Waals surface area contributed by atoms with Gasteiger partial charge in [-0.05, 0) is 53.0 Å². The van der Waals surface area contributed by atoms with Crippen molar-refractivity contribution in [3.05, 3.63) is 47.9 Å². The van der Waals surface area contributed by atoms with Crippen molar-refractivity contribution >= 4 is 28.9 Å². The number of carbonyl (C=O) groups excluding carboxylic acids is 3. The van der Waals surface area contributed by atoms with Crippen molar-refractivity contribution in [2.75, 3.05) is 26.4 Å². The molecule has 1 aliphatic carbocycles. The normalized spacial score (nSPS) is 19.0. The molecule has 0 fully saturated rings. The van der Waals surface area contributed by atoms with E-state index in [4.69, 9.17) is 14.2 Å². The molecule has 1 amide bonds. The minimum atomic E-state index is -0.771. The van der Waals surface area contributed by atoms with Crippen molar-refractivity contribution in [2.24, 2.45) is 13.0 Å². The Kier molecular flexibility index (Phi) is 8.18. The fourth-order valence-corrected chi connectivity index (χ4v) is 4.96. The first-order chi connectivity index (χ1) is 18.0. The van der Waals surface area contributed by atoms with Crippen LogP contribution in [0.5, 0.6) is 0 Å². The summed E-state index contributed by atoms with van der Waals surface area (Å²) >= 11 is 0. The Morgan fingerprint density at radius 1 is 1.11 bits per heavy atom. The average molecular weight is 527 g/mol. The highest BCUT2D eigenvalue weighted by Crippen LogP contribution is 2.34. The molecular weight excluding hydrogens is 488 g/mol. The number of ketones is 1. The zero-order valence-electron chi connectivity index (χ0n) is 22.9. The maximum atomic E-state index is 13.5. The van der Waals surface area contributed by atoms with Gasteiger partial charge in [-0.15, -0.1) is 0 Å². The average Bonchev–Trinajstić information content (AvgIpc) is 3.35. The second kappa shape index (κ2) is 11.4. The van der Waals surface area contributed by atoms with Crippen LogP contribution in [0.4, 0.5) is 9.59 Å². The van der Waals surface area contributed by atoms with E-state index in [2.05, 4.69) is 20.9 Å². The Labute approximate surface area is 223 Å². The van der Waals surface area contributed by atoms with Crippen LogP contribution in [-0.2, 0) is 27.7 Å². The highest BCUT2D eigenvalue weighted by molar-refractivity contribution is 6.11. The lowest BCUT2D eigenvalue weighted by atomic mass is 9.84. The molecule has 1 aromatic carbocycles. The van der Waals surface area contributed by atoms with Crippen molar-refractivity contribution in [2.45, 2.75) is 58.7 Å². The summed E-state index contributed by atoms with van der Waals surface area (Å²) in [4.78, 5) is 41.1. The molecule has 4 rings (SSSR count). The molecule has 1 aromatic heterocycles. The molecular formula is C28H38N4O6. The van der Waals surface area contributed by atoms with Crippen LogP contribution < -0.4 is 5.32 Å². The first-order valence-corrected chi connectivity index (χ1v) is 13.1. The second-order valence-corrected chi connectivity index (χ2v) is 10.8. The smallest absolute Gasteiger partial charge is 0.444 e. The molecule has 2 aliphatic rings. The monoisotopic (exact) mass is 526 g/mol. The van der Waals surface area contributed by atoms with Gasteiger partial charge in [-0.2, -0.15) is 0 Å². The van der Waals surface area contributed by atoms with Gasteiger partial charge < -0.3 is 33.9 Å². The quantitative estimate of drug-likeness (QED) is 0.399. The molecule has 0 radical (unpaired) electrons. The molecule has 10 heteroatoms. The predicted molar refractivity (Wildman–Crippen MR) is 142 cm³/mol. The number of aryl methyl sites for hydroxylation is 1. The zero-order valence-corrected chi connectivity index (χ0v) is 22.9. The Balaban J connectivity index is 1.19. The lowest BCUT2D eigenvalue weighted by molar-refractivity contribution is 0.00505. The molecule has 38 heavy (non-hydrogen) atoms. The summed E-state index contributed by atoms with van der Waals surface area (Å²) in [5.74, 6) is 0.101. The molecule has 206 valence electrons. The van der Waals surface area contributed by atoms with Gasteiger partial charge in [-0.25, -0.2) is 9.59 Å². The second-order valence-electron chi connectivity index (χ2n) is 10.8. The lowest BCUT2D eigenvalue weighted by Crippen LogP contribution is -2.41. The number of amides is 1. The minimum Gasteiger partial charge on any atom is -0.444 e. The summed E-state index contributed by atoms with van der Waals surface area (Å²) in [5, 5.41) is 3.64. The number of alkyl carbamates (subject to hydrolysis) is 1. The Hall–Kier alpha value is -3.69. The summed E-state index contributed by atoms with van der Waals surface area (Å²) < 4.78 is 17.6. The first kappa shape index (κ1) is 27.3. The number of nitrogens with one attached hydrogen (secondary N) is 1. The fourth-order valence-electron chi connectivity index (χ4n) is 4.96. The molecule has 1 N–H and O–H groups in total. The van der Waals surface area contributed by atoms with E-state index >= 15 is 0 Å². The summed E-state index contributed by atoms with van der Waals surface area (Å²) in [5.41, 5.74) is 2.51. The van der Waals surface area contributed by atoms with Crippen LogP contribution in [0.25, 0.3) is 10.9 Å². The van der Waals surface area contributed by atoms with E-state index in [-0.39, 0.29) is 31.2 Å². The van der Waals surface area contributed by atoms with Crippen LogP contribution in [0.3, 0.4) is 0 Å². The maximum absolute atomic E-state index is 13.5. The molecule has 1 aliphatic heterocycles. The third-order valence-electron chi connectivity index (χ3n) is 6.96. The van der Waals surface area contributed by atoms with Gasteiger partial charge in [0, 0.05) is 60.6 Å². The zero-order chi connectivity index (χ0) is 27.4. The summed E-state index contributed by atoms with van der Waals surface area (Å²) in [6.07, 6.45) is 4.57. The topological polar surface area (TPSA) is 102 Å². The van der Waals surface area contributed by atoms with Crippen LogP contribution in [0, 0.1) is 5.92 Å².